The topological polar surface area (TPSA) is 248 Å². The third kappa shape index (κ3) is 20.2. The number of amides is 2. The van der Waals surface area contributed by atoms with Gasteiger partial charge in [-0.25, -0.2) is 9.59 Å². The van der Waals surface area contributed by atoms with Crippen LogP contribution >= 0.6 is 0 Å². The van der Waals surface area contributed by atoms with Crippen molar-refractivity contribution < 1.29 is 48.5 Å². The Hall–Kier alpha value is -14.5. The van der Waals surface area contributed by atoms with Crippen molar-refractivity contribution in [3.63, 3.8) is 0 Å². The van der Waals surface area contributed by atoms with E-state index in [1.165, 1.54) is 6.08 Å². The summed E-state index contributed by atoms with van der Waals surface area (Å²) in [7, 11) is 0. The molecule has 0 radical (unpaired) electrons. The lowest BCUT2D eigenvalue weighted by molar-refractivity contribution is -0.149. The first-order valence-corrected chi connectivity index (χ1v) is 41.9. The standard InChI is InChI=1S/2C40H36N2O3.C24H21NO2.C5H9NO2/c2*1-2-16-36(38(43)41-37(27-29-17-6-3-7-18-29)39(44)45-28-30-19-8-4-9-20-30)42-40(31-21-10-5-11-22-31)34-25-14-12-23-32(34)33-24-13-15-26-35(33)40;1-2-10-22(23(26)27)25-24(17-11-4-3-5-12-17)20-15-8-6-13-18(20)19-14-7-9-16-21(19)24;1-2-3-4(6)5(7)8/h2*2-15,17-26,36-37,42H,1,16,27-28H2,(H,41,43);2-9,11-16,22,25H,1,10H2,(H,26,27);2,4H,1,3,6H2,(H,7,8)/t36-,37?;36-,37-;22-;4-/m0000/s1. The van der Waals surface area contributed by atoms with E-state index >= 15 is 0 Å². The Balaban J connectivity index is 0.000000158. The van der Waals surface area contributed by atoms with Crippen LogP contribution in [0.1, 0.15) is 98.0 Å². The Morgan fingerprint density at radius 3 is 0.752 bits per heavy atom. The van der Waals surface area contributed by atoms with Gasteiger partial charge in [-0.05, 0) is 131 Å². The van der Waals surface area contributed by atoms with Gasteiger partial charge in [-0.15, -0.1) is 26.3 Å². The van der Waals surface area contributed by atoms with Crippen molar-refractivity contribution in [2.24, 2.45) is 5.73 Å². The van der Waals surface area contributed by atoms with Crippen molar-refractivity contribution in [3.8, 4) is 33.4 Å². The predicted molar refractivity (Wildman–Crippen MR) is 495 cm³/mol. The minimum Gasteiger partial charge on any atom is -0.480 e. The quantitative estimate of drug-likeness (QED) is 0.0141. The first-order chi connectivity index (χ1) is 61.1. The van der Waals surface area contributed by atoms with Gasteiger partial charge in [0.25, 0.3) is 0 Å². The van der Waals surface area contributed by atoms with E-state index in [4.69, 9.17) is 20.3 Å². The molecule has 0 fully saturated rings. The fraction of sp³-hybridized carbons (Fsp3) is 0.156. The average Bonchev–Trinajstić information content (AvgIpc) is 1.57. The van der Waals surface area contributed by atoms with Crippen LogP contribution in [-0.4, -0.2) is 82.2 Å². The number of hydrogen-bond acceptors (Lipinski definition) is 12. The number of hydrogen-bond donors (Lipinski definition) is 8. The van der Waals surface area contributed by atoms with E-state index in [1.807, 2.05) is 249 Å². The van der Waals surface area contributed by atoms with Crippen LogP contribution in [0.15, 0.2) is 409 Å². The lowest BCUT2D eigenvalue weighted by Crippen LogP contribution is -2.56. The maximum atomic E-state index is 14.3. The highest BCUT2D eigenvalue weighted by Crippen LogP contribution is 2.54. The van der Waals surface area contributed by atoms with Crippen LogP contribution in [0.3, 0.4) is 0 Å². The van der Waals surface area contributed by atoms with E-state index in [0.717, 1.165) is 106 Å². The first kappa shape index (κ1) is 88.3. The second-order valence-corrected chi connectivity index (χ2v) is 30.8. The molecule has 1 unspecified atom stereocenters. The Bertz CT molecular complexity index is 5480. The number of carboxylic acids is 2. The fourth-order valence-corrected chi connectivity index (χ4v) is 17.0. The normalized spacial score (nSPS) is 14.1. The number of aliphatic carboxylic acids is 2. The van der Waals surface area contributed by atoms with E-state index in [9.17, 15) is 33.9 Å². The van der Waals surface area contributed by atoms with Crippen molar-refractivity contribution in [1.82, 2.24) is 26.6 Å². The molecule has 0 bridgehead atoms. The van der Waals surface area contributed by atoms with Gasteiger partial charge in [0, 0.05) is 12.8 Å². The second kappa shape index (κ2) is 42.3. The number of nitrogens with two attached hydrogens (primary N) is 1. The van der Waals surface area contributed by atoms with E-state index < -0.39 is 76.7 Å². The summed E-state index contributed by atoms with van der Waals surface area (Å²) in [6.45, 7) is 15.3. The van der Waals surface area contributed by atoms with Crippen molar-refractivity contribution in [1.29, 1.82) is 0 Å². The molecule has 0 heterocycles. The Morgan fingerprint density at radius 2 is 0.512 bits per heavy atom. The third-order valence-electron chi connectivity index (χ3n) is 22.7. The van der Waals surface area contributed by atoms with Gasteiger partial charge < -0.3 is 36.1 Å². The number of carbonyl (C=O) groups is 6. The first-order valence-electron chi connectivity index (χ1n) is 41.9. The molecule has 16 rings (SSSR count). The smallest absolute Gasteiger partial charge is 0.329 e. The molecule has 2 amide bonds. The Morgan fingerprint density at radius 1 is 0.288 bits per heavy atom. The number of rotatable bonds is 33. The predicted octanol–water partition coefficient (Wildman–Crippen LogP) is 18.5. The van der Waals surface area contributed by atoms with Gasteiger partial charge >= 0.3 is 23.9 Å². The van der Waals surface area contributed by atoms with Gasteiger partial charge in [-0.2, -0.15) is 0 Å². The summed E-state index contributed by atoms with van der Waals surface area (Å²) in [6, 6.07) is 114. The molecule has 125 heavy (non-hydrogen) atoms. The van der Waals surface area contributed by atoms with Crippen LogP contribution in [0.2, 0.25) is 0 Å². The maximum absolute atomic E-state index is 14.3. The monoisotopic (exact) mass is 1650 g/mol. The van der Waals surface area contributed by atoms with E-state index in [0.29, 0.717) is 38.5 Å². The lowest BCUT2D eigenvalue weighted by atomic mass is 9.79. The highest BCUT2D eigenvalue weighted by Gasteiger charge is 2.50. The van der Waals surface area contributed by atoms with Crippen molar-refractivity contribution in [2.75, 3.05) is 0 Å². The van der Waals surface area contributed by atoms with Crippen LogP contribution in [0.5, 0.6) is 0 Å². The summed E-state index contributed by atoms with van der Waals surface area (Å²) >= 11 is 0. The number of carboxylic acid groups (broad SMARTS) is 2. The molecule has 9 N–H and O–H groups in total. The van der Waals surface area contributed by atoms with Gasteiger partial charge in [0.05, 0.1) is 28.7 Å². The Labute approximate surface area is 731 Å². The summed E-state index contributed by atoms with van der Waals surface area (Å²) in [5.41, 5.74) is 22.6. The number of fused-ring (bicyclic) bond motifs is 9. The third-order valence-corrected chi connectivity index (χ3v) is 22.7. The summed E-state index contributed by atoms with van der Waals surface area (Å²) in [6.07, 6.45) is 8.58. The fourth-order valence-electron chi connectivity index (χ4n) is 17.0. The SMILES string of the molecule is C=CC[C@H](N)C(=O)O.C=CC[C@H](NC1(c2ccccc2)c2ccccc2-c2ccccc21)C(=O)NC(Cc1ccccc1)C(=O)OCc1ccccc1.C=CC[C@H](NC1(c2ccccc2)c2ccccc2-c2ccccc21)C(=O)N[C@@H](Cc1ccccc1)C(=O)OCc1ccccc1.C=CC[C@H](NC1(c2ccccc2)c2ccccc2-c2ccccc21)C(=O)O. The number of nitrogens with one attached hydrogen (secondary N) is 5. The molecule has 16 nitrogen and oxygen atoms in total. The van der Waals surface area contributed by atoms with Gasteiger partial charge in [0.2, 0.25) is 11.8 Å². The van der Waals surface area contributed by atoms with Gasteiger partial charge in [0.1, 0.15) is 37.4 Å². The van der Waals surface area contributed by atoms with Crippen LogP contribution in [0.4, 0.5) is 0 Å². The van der Waals surface area contributed by atoms with Crippen LogP contribution in [0, 0.1) is 0 Å². The summed E-state index contributed by atoms with van der Waals surface area (Å²) in [5.74, 6) is -3.43. The molecule has 628 valence electrons. The maximum Gasteiger partial charge on any atom is 0.329 e. The number of ether oxygens (including phenoxy) is 2. The molecule has 3 aliphatic rings. The molecule has 0 aromatic heterocycles. The number of benzene rings is 13. The molecule has 0 saturated carbocycles. The molecular weight excluding hydrogens is 1550 g/mol. The highest BCUT2D eigenvalue weighted by molar-refractivity contribution is 5.92. The molecule has 13 aromatic rings. The van der Waals surface area contributed by atoms with Crippen molar-refractivity contribution in [3.05, 3.63) is 481 Å². The molecule has 16 heteroatoms. The zero-order chi connectivity index (χ0) is 87.6. The molecule has 0 spiro atoms. The summed E-state index contributed by atoms with van der Waals surface area (Å²) in [5, 5.41) is 35.1. The zero-order valence-electron chi connectivity index (χ0n) is 69.6. The van der Waals surface area contributed by atoms with Crippen molar-refractivity contribution in [2.45, 2.75) is 105 Å². The van der Waals surface area contributed by atoms with E-state index in [-0.39, 0.29) is 25.0 Å². The largest absolute Gasteiger partial charge is 0.480 e. The van der Waals surface area contributed by atoms with Gasteiger partial charge in [-0.1, -0.05) is 382 Å². The number of esters is 2. The highest BCUT2D eigenvalue weighted by atomic mass is 16.5. The summed E-state index contributed by atoms with van der Waals surface area (Å²) < 4.78 is 11.4. The average molecular weight is 1660 g/mol. The van der Waals surface area contributed by atoms with Gasteiger partial charge in [-0.3, -0.25) is 35.1 Å². The van der Waals surface area contributed by atoms with Crippen LogP contribution in [0.25, 0.3) is 33.4 Å². The number of carbonyl (C=O) groups excluding carboxylic acids is 4. The molecule has 3 aliphatic carbocycles. The van der Waals surface area contributed by atoms with E-state index in [2.05, 4.69) is 162 Å². The minimum absolute atomic E-state index is 0.125. The molecule has 0 saturated heterocycles. The zero-order valence-corrected chi connectivity index (χ0v) is 69.6. The molecule has 13 aromatic carbocycles. The lowest BCUT2D eigenvalue weighted by Gasteiger charge is -2.37. The molecule has 6 atom stereocenters. The summed E-state index contributed by atoms with van der Waals surface area (Å²) in [4.78, 5) is 77.4. The minimum atomic E-state index is -0.982. The van der Waals surface area contributed by atoms with Gasteiger partial charge in [0.15, 0.2) is 0 Å². The van der Waals surface area contributed by atoms with Crippen LogP contribution in [-0.2, 0) is 80.9 Å². The molecular formula is C109H102N6O10. The molecule has 0 aliphatic heterocycles. The Kier molecular flexibility index (Phi) is 29.9. The second-order valence-electron chi connectivity index (χ2n) is 30.8. The van der Waals surface area contributed by atoms with E-state index in [1.54, 1.807) is 18.2 Å². The van der Waals surface area contributed by atoms with Crippen molar-refractivity contribution >= 4 is 35.7 Å². The van der Waals surface area contributed by atoms with Crippen LogP contribution < -0.4 is 32.3 Å².